The van der Waals surface area contributed by atoms with Crippen LogP contribution in [0.4, 0.5) is 0 Å². The lowest BCUT2D eigenvalue weighted by molar-refractivity contribution is -0.143. The van der Waals surface area contributed by atoms with Crippen molar-refractivity contribution in [1.29, 1.82) is 0 Å². The number of hydrogen-bond acceptors (Lipinski definition) is 1. The summed E-state index contributed by atoms with van der Waals surface area (Å²) in [5.74, 6) is 2.25. The molecule has 0 aromatic carbocycles. The summed E-state index contributed by atoms with van der Waals surface area (Å²) < 4.78 is 0. The van der Waals surface area contributed by atoms with Gasteiger partial charge in [-0.25, -0.2) is 0 Å². The molecule has 0 heterocycles. The van der Waals surface area contributed by atoms with Gasteiger partial charge in [0.05, 0.1) is 5.92 Å². The van der Waals surface area contributed by atoms with E-state index in [0.717, 1.165) is 38.5 Å². The smallest absolute Gasteiger partial charge is 0.306 e. The minimum Gasteiger partial charge on any atom is -0.481 e. The van der Waals surface area contributed by atoms with Crippen LogP contribution in [0.15, 0.2) is 0 Å². The van der Waals surface area contributed by atoms with Gasteiger partial charge in [-0.3, -0.25) is 4.79 Å². The first-order chi connectivity index (χ1) is 6.25. The van der Waals surface area contributed by atoms with Crippen LogP contribution in [-0.4, -0.2) is 11.1 Å². The van der Waals surface area contributed by atoms with Gasteiger partial charge in [-0.15, -0.1) is 12.3 Å². The van der Waals surface area contributed by atoms with Gasteiger partial charge < -0.3 is 5.11 Å². The van der Waals surface area contributed by atoms with Crippen molar-refractivity contribution in [2.45, 2.75) is 38.5 Å². The minimum absolute atomic E-state index is 0.0993. The molecule has 0 aromatic rings. The van der Waals surface area contributed by atoms with Crippen molar-refractivity contribution in [2.24, 2.45) is 11.8 Å². The molecular weight excluding hydrogens is 164 g/mol. The van der Waals surface area contributed by atoms with Gasteiger partial charge in [0.1, 0.15) is 0 Å². The van der Waals surface area contributed by atoms with Crippen molar-refractivity contribution in [2.75, 3.05) is 0 Å². The summed E-state index contributed by atoms with van der Waals surface area (Å²) in [6.45, 7) is 0. The molecule has 2 atom stereocenters. The van der Waals surface area contributed by atoms with Crippen molar-refractivity contribution in [3.05, 3.63) is 0 Å². The van der Waals surface area contributed by atoms with E-state index in [1.807, 2.05) is 0 Å². The molecular formula is C11H16O2. The van der Waals surface area contributed by atoms with Crippen LogP contribution >= 0.6 is 0 Å². The highest BCUT2D eigenvalue weighted by Gasteiger charge is 2.31. The number of rotatable bonds is 4. The number of carboxylic acid groups (broad SMARTS) is 1. The summed E-state index contributed by atoms with van der Waals surface area (Å²) in [7, 11) is 0. The third-order valence-electron chi connectivity index (χ3n) is 2.87. The van der Waals surface area contributed by atoms with Crippen molar-refractivity contribution in [3.8, 4) is 12.3 Å². The zero-order chi connectivity index (χ0) is 9.68. The first-order valence-corrected chi connectivity index (χ1v) is 4.92. The highest BCUT2D eigenvalue weighted by molar-refractivity contribution is 5.70. The second kappa shape index (κ2) is 4.91. The highest BCUT2D eigenvalue weighted by Crippen LogP contribution is 2.35. The van der Waals surface area contributed by atoms with Gasteiger partial charge in [0.25, 0.3) is 0 Å². The summed E-state index contributed by atoms with van der Waals surface area (Å²) in [5, 5.41) is 8.90. The zero-order valence-corrected chi connectivity index (χ0v) is 7.83. The number of hydrogen-bond donors (Lipinski definition) is 1. The molecule has 2 unspecified atom stereocenters. The van der Waals surface area contributed by atoms with E-state index in [9.17, 15) is 4.79 Å². The molecule has 1 fully saturated rings. The number of unbranched alkanes of at least 4 members (excludes halogenated alkanes) is 1. The Morgan fingerprint density at radius 3 is 2.92 bits per heavy atom. The minimum atomic E-state index is -0.622. The van der Waals surface area contributed by atoms with Crippen LogP contribution in [0.2, 0.25) is 0 Å². The fourth-order valence-electron chi connectivity index (χ4n) is 2.17. The largest absolute Gasteiger partial charge is 0.481 e. The van der Waals surface area contributed by atoms with Gasteiger partial charge in [-0.2, -0.15) is 0 Å². The Kier molecular flexibility index (Phi) is 3.82. The van der Waals surface area contributed by atoms with Gasteiger partial charge in [0, 0.05) is 6.42 Å². The SMILES string of the molecule is C#CCCCC1CCCC1C(=O)O. The Morgan fingerprint density at radius 2 is 2.31 bits per heavy atom. The van der Waals surface area contributed by atoms with E-state index in [1.165, 1.54) is 0 Å². The van der Waals surface area contributed by atoms with Crippen molar-refractivity contribution in [1.82, 2.24) is 0 Å². The Balaban J connectivity index is 2.32. The van der Waals surface area contributed by atoms with E-state index in [1.54, 1.807) is 0 Å². The number of carboxylic acids is 1. The molecule has 0 spiro atoms. The zero-order valence-electron chi connectivity index (χ0n) is 7.83. The summed E-state index contributed by atoms with van der Waals surface area (Å²) in [6.07, 6.45) is 10.9. The lowest BCUT2D eigenvalue weighted by atomic mass is 9.91. The molecule has 1 N–H and O–H groups in total. The van der Waals surface area contributed by atoms with E-state index in [2.05, 4.69) is 5.92 Å². The normalized spacial score (nSPS) is 27.0. The monoisotopic (exact) mass is 180 g/mol. The van der Waals surface area contributed by atoms with Gasteiger partial charge >= 0.3 is 5.97 Å². The summed E-state index contributed by atoms with van der Waals surface area (Å²) >= 11 is 0. The molecule has 0 saturated heterocycles. The highest BCUT2D eigenvalue weighted by atomic mass is 16.4. The molecule has 1 rings (SSSR count). The van der Waals surface area contributed by atoms with Crippen LogP contribution < -0.4 is 0 Å². The molecule has 72 valence electrons. The molecule has 1 aliphatic rings. The van der Waals surface area contributed by atoms with E-state index < -0.39 is 5.97 Å². The summed E-state index contributed by atoms with van der Waals surface area (Å²) in [6, 6.07) is 0. The molecule has 2 nitrogen and oxygen atoms in total. The molecule has 0 amide bonds. The molecule has 0 aliphatic heterocycles. The second-order valence-electron chi connectivity index (χ2n) is 3.73. The number of terminal acetylenes is 1. The van der Waals surface area contributed by atoms with Gasteiger partial charge in [-0.05, 0) is 31.6 Å². The molecule has 2 heteroatoms. The van der Waals surface area contributed by atoms with Crippen LogP contribution in [-0.2, 0) is 4.79 Å². The molecule has 13 heavy (non-hydrogen) atoms. The number of aliphatic carboxylic acids is 1. The lowest BCUT2D eigenvalue weighted by Crippen LogP contribution is -2.18. The topological polar surface area (TPSA) is 37.3 Å². The van der Waals surface area contributed by atoms with Crippen LogP contribution in [0.3, 0.4) is 0 Å². The third kappa shape index (κ3) is 2.77. The predicted molar refractivity (Wildman–Crippen MR) is 51.2 cm³/mol. The van der Waals surface area contributed by atoms with E-state index >= 15 is 0 Å². The van der Waals surface area contributed by atoms with E-state index in [-0.39, 0.29) is 5.92 Å². The van der Waals surface area contributed by atoms with Crippen LogP contribution in [0, 0.1) is 24.2 Å². The molecule has 0 aromatic heterocycles. The Bertz CT molecular complexity index is 215. The van der Waals surface area contributed by atoms with Gasteiger partial charge in [0.2, 0.25) is 0 Å². The molecule has 1 saturated carbocycles. The average molecular weight is 180 g/mol. The van der Waals surface area contributed by atoms with Crippen molar-refractivity contribution >= 4 is 5.97 Å². The quantitative estimate of drug-likeness (QED) is 0.532. The Morgan fingerprint density at radius 1 is 1.54 bits per heavy atom. The molecule has 0 radical (unpaired) electrons. The van der Waals surface area contributed by atoms with E-state index in [4.69, 9.17) is 11.5 Å². The predicted octanol–water partition coefficient (Wildman–Crippen LogP) is 2.29. The Labute approximate surface area is 79.3 Å². The van der Waals surface area contributed by atoms with Crippen molar-refractivity contribution in [3.63, 3.8) is 0 Å². The third-order valence-corrected chi connectivity index (χ3v) is 2.87. The second-order valence-corrected chi connectivity index (χ2v) is 3.73. The molecule has 1 aliphatic carbocycles. The first-order valence-electron chi connectivity index (χ1n) is 4.92. The van der Waals surface area contributed by atoms with Crippen LogP contribution in [0.25, 0.3) is 0 Å². The van der Waals surface area contributed by atoms with Crippen LogP contribution in [0.1, 0.15) is 38.5 Å². The maximum atomic E-state index is 10.8. The summed E-state index contributed by atoms with van der Waals surface area (Å²) in [5.41, 5.74) is 0. The fraction of sp³-hybridized carbons (Fsp3) is 0.727. The fourth-order valence-corrected chi connectivity index (χ4v) is 2.17. The standard InChI is InChI=1S/C11H16O2/c1-2-3-4-6-9-7-5-8-10(9)11(12)13/h1,9-10H,3-8H2,(H,12,13). The number of carbonyl (C=O) groups is 1. The molecule has 0 bridgehead atoms. The Hall–Kier alpha value is -0.970. The van der Waals surface area contributed by atoms with E-state index in [0.29, 0.717) is 5.92 Å². The summed E-state index contributed by atoms with van der Waals surface area (Å²) in [4.78, 5) is 10.8. The maximum Gasteiger partial charge on any atom is 0.306 e. The van der Waals surface area contributed by atoms with Gasteiger partial charge in [-0.1, -0.05) is 6.42 Å². The van der Waals surface area contributed by atoms with Crippen LogP contribution in [0.5, 0.6) is 0 Å². The van der Waals surface area contributed by atoms with Gasteiger partial charge in [0.15, 0.2) is 0 Å². The first kappa shape index (κ1) is 10.1. The average Bonchev–Trinajstić information content (AvgIpc) is 2.53. The maximum absolute atomic E-state index is 10.8. The van der Waals surface area contributed by atoms with Crippen molar-refractivity contribution < 1.29 is 9.90 Å². The lowest BCUT2D eigenvalue weighted by Gasteiger charge is -2.14.